The van der Waals surface area contributed by atoms with E-state index in [2.05, 4.69) is 30.2 Å². The Morgan fingerprint density at radius 3 is 1.93 bits per heavy atom. The topological polar surface area (TPSA) is 463 Å². The zero-order chi connectivity index (χ0) is 68.9. The second kappa shape index (κ2) is 27.7. The van der Waals surface area contributed by atoms with Crippen molar-refractivity contribution in [3.8, 4) is 0 Å². The standard InChI is InChI=1S/C60H94O32S2/c1-25(2)12-11-17-59(9)49-32(84-27(4)61)20-58(8)29-13-14-35-56(5,6)36(16-18-57(35,7)28(29)15-19-60(49,58)55(71)91-59)86-53-47(39(66)34(23-81-53)92-94(75,76)77)90-54-48(89-50-40(67)37(64)30(62)21-79-50)41(68)44(26(3)83-54)87-51-42(69)45(31(63)22-80-51)88-52-43(70)46(78-10)38(65)33(85-52)24-82-93(72,73)74/h12-13,26,28,30-54,62-70H,11,14-24H2,1-10H3,(H,72,73,74)(H,75,76,77). The van der Waals surface area contributed by atoms with Gasteiger partial charge < -0.3 is 108 Å². The van der Waals surface area contributed by atoms with E-state index in [0.717, 1.165) is 18.3 Å². The Morgan fingerprint density at radius 1 is 0.660 bits per heavy atom. The predicted octanol–water partition coefficient (Wildman–Crippen LogP) is -1.09. The highest BCUT2D eigenvalue weighted by Gasteiger charge is 2.79. The maximum Gasteiger partial charge on any atom is 0.397 e. The molecule has 10 aliphatic rings. The van der Waals surface area contributed by atoms with Crippen LogP contribution in [-0.4, -0.2) is 270 Å². The average molecular weight is 1390 g/mol. The number of hydrogen-bond acceptors (Lipinski definition) is 30. The van der Waals surface area contributed by atoms with Gasteiger partial charge >= 0.3 is 32.7 Å². The minimum Gasteiger partial charge on any atom is -0.462 e. The molecule has 6 aliphatic heterocycles. The van der Waals surface area contributed by atoms with Gasteiger partial charge in [0, 0.05) is 19.4 Å². The molecule has 538 valence electrons. The summed E-state index contributed by atoms with van der Waals surface area (Å²) in [6.45, 7) is 14.3. The number of hydrogen-bond donors (Lipinski definition) is 11. The normalized spacial score (nSPS) is 48.7. The summed E-state index contributed by atoms with van der Waals surface area (Å²) in [5, 5.41) is 102. The van der Waals surface area contributed by atoms with Gasteiger partial charge in [0.15, 0.2) is 31.5 Å². The summed E-state index contributed by atoms with van der Waals surface area (Å²) >= 11 is 0. The van der Waals surface area contributed by atoms with Crippen LogP contribution in [0.15, 0.2) is 23.3 Å². The van der Waals surface area contributed by atoms with Gasteiger partial charge in [0.1, 0.15) is 109 Å². The number of allylic oxidation sites excluding steroid dienone is 4. The fraction of sp³-hybridized carbons (Fsp3) is 0.900. The molecule has 3 saturated carbocycles. The monoisotopic (exact) mass is 1390 g/mol. The van der Waals surface area contributed by atoms with Crippen molar-refractivity contribution < 1.29 is 151 Å². The van der Waals surface area contributed by atoms with Crippen molar-refractivity contribution in [2.45, 2.75) is 267 Å². The molecule has 9 fully saturated rings. The molecule has 31 unspecified atom stereocenters. The number of rotatable bonds is 20. The lowest BCUT2D eigenvalue weighted by atomic mass is 9.41. The number of aliphatic hydroxyl groups is 9. The summed E-state index contributed by atoms with van der Waals surface area (Å²) in [4.78, 5) is 27.6. The number of esters is 2. The molecular weight excluding hydrogens is 1300 g/mol. The Labute approximate surface area is 545 Å². The number of carbonyl (C=O) groups is 2. The zero-order valence-corrected chi connectivity index (χ0v) is 55.7. The number of carbonyl (C=O) groups excluding carboxylic acids is 2. The fourth-order valence-corrected chi connectivity index (χ4v) is 18.4. The van der Waals surface area contributed by atoms with Crippen LogP contribution in [0.1, 0.15) is 114 Å². The molecule has 32 nitrogen and oxygen atoms in total. The summed E-state index contributed by atoms with van der Waals surface area (Å²) < 4.78 is 154. The Hall–Kier alpha value is -2.64. The maximum absolute atomic E-state index is 14.8. The van der Waals surface area contributed by atoms with Crippen molar-refractivity contribution in [2.75, 3.05) is 33.5 Å². The average Bonchev–Trinajstić information content (AvgIpc) is 1.47. The number of methoxy groups -OCH3 is 1. The summed E-state index contributed by atoms with van der Waals surface area (Å²) in [7, 11) is -9.27. The van der Waals surface area contributed by atoms with Crippen molar-refractivity contribution in [2.24, 2.45) is 39.4 Å². The number of cyclic esters (lactones) is 1. The molecule has 0 aromatic carbocycles. The van der Waals surface area contributed by atoms with Gasteiger partial charge in [0.05, 0.1) is 50.0 Å². The van der Waals surface area contributed by atoms with E-state index in [0.29, 0.717) is 51.4 Å². The zero-order valence-electron chi connectivity index (χ0n) is 54.0. The minimum atomic E-state index is -5.29. The van der Waals surface area contributed by atoms with Crippen molar-refractivity contribution in [1.82, 2.24) is 0 Å². The van der Waals surface area contributed by atoms with E-state index < -0.39 is 234 Å². The molecule has 10 rings (SSSR count). The molecule has 0 radical (unpaired) electrons. The first-order chi connectivity index (χ1) is 43.8. The molecule has 0 aromatic rings. The highest BCUT2D eigenvalue weighted by atomic mass is 32.3. The molecule has 0 bridgehead atoms. The Balaban J connectivity index is 0.901. The molecule has 31 atom stereocenters. The third kappa shape index (κ3) is 13.9. The van der Waals surface area contributed by atoms with E-state index in [1.807, 2.05) is 34.6 Å². The SMILES string of the molecule is COC1C(O)C(COS(=O)(=O)O)OC(OC2C(O)COC(OC3C(C)OC(OC4C(OC5CCC6(C)C7CCC89C(=O)OC(C)(CCC=C(C)C)C8C(OC(C)=O)CC9(C)C7=CCC6C5(C)C)OCC(OS(=O)(=O)O)C4O)C(OC4OCC(O)C(O)C4O)C3O)C2O)C1O. The molecule has 6 heterocycles. The quantitative estimate of drug-likeness (QED) is 0.0392. The van der Waals surface area contributed by atoms with Crippen LogP contribution in [0, 0.1) is 39.4 Å². The summed E-state index contributed by atoms with van der Waals surface area (Å²) in [6, 6.07) is 0. The van der Waals surface area contributed by atoms with Gasteiger partial charge in [0.2, 0.25) is 0 Å². The van der Waals surface area contributed by atoms with Gasteiger partial charge in [-0.25, -0.2) is 8.37 Å². The highest BCUT2D eigenvalue weighted by molar-refractivity contribution is 7.81. The van der Waals surface area contributed by atoms with Crippen LogP contribution < -0.4 is 0 Å². The van der Waals surface area contributed by atoms with Crippen molar-refractivity contribution in [3.05, 3.63) is 23.3 Å². The molecule has 94 heavy (non-hydrogen) atoms. The summed E-state index contributed by atoms with van der Waals surface area (Å²) in [6.07, 6.45) is -32.5. The first kappa shape index (κ1) is 74.1. The number of aliphatic hydroxyl groups excluding tert-OH is 9. The van der Waals surface area contributed by atoms with E-state index in [1.54, 1.807) is 0 Å². The summed E-state index contributed by atoms with van der Waals surface area (Å²) in [5.74, 6) is -1.24. The highest BCUT2D eigenvalue weighted by Crippen LogP contribution is 2.77. The van der Waals surface area contributed by atoms with Crippen molar-refractivity contribution in [3.63, 3.8) is 0 Å². The van der Waals surface area contributed by atoms with Gasteiger partial charge in [-0.05, 0) is 102 Å². The molecule has 1 spiro atoms. The van der Waals surface area contributed by atoms with Crippen LogP contribution in [0.5, 0.6) is 0 Å². The largest absolute Gasteiger partial charge is 0.462 e. The molecule has 34 heteroatoms. The minimum absolute atomic E-state index is 0.0257. The predicted molar refractivity (Wildman–Crippen MR) is 313 cm³/mol. The van der Waals surface area contributed by atoms with Crippen LogP contribution >= 0.6 is 0 Å². The molecule has 4 aliphatic carbocycles. The van der Waals surface area contributed by atoms with Crippen LogP contribution in [-0.2, 0) is 100 Å². The molecule has 11 N–H and O–H groups in total. The smallest absolute Gasteiger partial charge is 0.397 e. The van der Waals surface area contributed by atoms with E-state index >= 15 is 0 Å². The van der Waals surface area contributed by atoms with E-state index in [1.165, 1.54) is 13.8 Å². The lowest BCUT2D eigenvalue weighted by Gasteiger charge is -2.64. The van der Waals surface area contributed by atoms with Gasteiger partial charge in [-0.3, -0.25) is 18.7 Å². The second-order valence-electron chi connectivity index (χ2n) is 28.5. The molecule has 0 aromatic heterocycles. The number of fused-ring (bicyclic) bond motifs is 4. The lowest BCUT2D eigenvalue weighted by molar-refractivity contribution is -0.399. The Morgan fingerprint density at radius 2 is 1.28 bits per heavy atom. The number of ether oxygens (including phenoxy) is 13. The second-order valence-corrected chi connectivity index (χ2v) is 30.6. The van der Waals surface area contributed by atoms with E-state index in [-0.39, 0.29) is 17.8 Å². The van der Waals surface area contributed by atoms with E-state index in [4.69, 9.17) is 65.8 Å². The van der Waals surface area contributed by atoms with Crippen LogP contribution in [0.2, 0.25) is 0 Å². The maximum atomic E-state index is 14.8. The molecule has 6 saturated heterocycles. The van der Waals surface area contributed by atoms with Crippen LogP contribution in [0.3, 0.4) is 0 Å². The van der Waals surface area contributed by atoms with Gasteiger partial charge in [-0.2, -0.15) is 16.8 Å². The summed E-state index contributed by atoms with van der Waals surface area (Å²) in [5.41, 5.74) is -1.44. The molecule has 0 amide bonds. The fourth-order valence-electron chi connectivity index (χ4n) is 17.6. The lowest BCUT2D eigenvalue weighted by Crippen LogP contribution is -2.67. The third-order valence-electron chi connectivity index (χ3n) is 22.1. The first-order valence-electron chi connectivity index (χ1n) is 31.9. The third-order valence-corrected chi connectivity index (χ3v) is 23.0. The Kier molecular flexibility index (Phi) is 21.8. The van der Waals surface area contributed by atoms with Crippen molar-refractivity contribution >= 4 is 32.7 Å². The van der Waals surface area contributed by atoms with E-state index in [9.17, 15) is 81.5 Å². The van der Waals surface area contributed by atoms with Gasteiger partial charge in [-0.15, -0.1) is 0 Å². The van der Waals surface area contributed by atoms with Gasteiger partial charge in [-0.1, -0.05) is 51.0 Å². The van der Waals surface area contributed by atoms with Crippen LogP contribution in [0.25, 0.3) is 0 Å². The Bertz CT molecular complexity index is 3000. The van der Waals surface area contributed by atoms with Crippen LogP contribution in [0.4, 0.5) is 0 Å². The van der Waals surface area contributed by atoms with Gasteiger partial charge in [0.25, 0.3) is 0 Å². The van der Waals surface area contributed by atoms with Crippen molar-refractivity contribution in [1.29, 1.82) is 0 Å². The first-order valence-corrected chi connectivity index (χ1v) is 34.6. The molecular formula is C60H94O32S2.